The Morgan fingerprint density at radius 3 is 2.26 bits per heavy atom. The number of benzene rings is 2. The van der Waals surface area contributed by atoms with E-state index in [9.17, 15) is 13.2 Å². The molecule has 0 aliphatic carbocycles. The zero-order valence-corrected chi connectivity index (χ0v) is 16.7. The van der Waals surface area contributed by atoms with Crippen LogP contribution in [0.1, 0.15) is 27.0 Å². The molecule has 0 spiro atoms. The fourth-order valence-corrected chi connectivity index (χ4v) is 3.94. The maximum absolute atomic E-state index is 13.1. The summed E-state index contributed by atoms with van der Waals surface area (Å²) in [6.07, 6.45) is 1.84. The van der Waals surface area contributed by atoms with Gasteiger partial charge in [0.05, 0.1) is 19.1 Å². The molecule has 0 saturated heterocycles. The van der Waals surface area contributed by atoms with Crippen LogP contribution in [0.2, 0.25) is 0 Å². The van der Waals surface area contributed by atoms with Crippen molar-refractivity contribution in [3.63, 3.8) is 0 Å². The van der Waals surface area contributed by atoms with Crippen LogP contribution in [0.15, 0.2) is 35.2 Å². The standard InChI is InChI=1S/C20H23NO5S/c1-13-5-6-16(27(4,23)24)11-17(13)20(22)21-8-7-14-9-18(25-2)19(26-3)10-15(14)12-21/h5-6,9-11H,7-8,12H2,1-4H3. The van der Waals surface area contributed by atoms with Crippen LogP contribution in [0.5, 0.6) is 11.5 Å². The highest BCUT2D eigenvalue weighted by Gasteiger charge is 2.25. The number of aryl methyl sites for hydroxylation is 1. The minimum absolute atomic E-state index is 0.153. The lowest BCUT2D eigenvalue weighted by Gasteiger charge is -2.30. The minimum atomic E-state index is -3.37. The van der Waals surface area contributed by atoms with Crippen LogP contribution in [0, 0.1) is 6.92 Å². The highest BCUT2D eigenvalue weighted by Crippen LogP contribution is 2.33. The van der Waals surface area contributed by atoms with Gasteiger partial charge in [-0.2, -0.15) is 0 Å². The van der Waals surface area contributed by atoms with Crippen LogP contribution in [0.25, 0.3) is 0 Å². The van der Waals surface area contributed by atoms with Crippen LogP contribution in [-0.4, -0.2) is 46.2 Å². The van der Waals surface area contributed by atoms with E-state index in [4.69, 9.17) is 9.47 Å². The maximum Gasteiger partial charge on any atom is 0.254 e. The molecule has 0 saturated carbocycles. The molecule has 27 heavy (non-hydrogen) atoms. The van der Waals surface area contributed by atoms with Crippen LogP contribution in [0.3, 0.4) is 0 Å². The van der Waals surface area contributed by atoms with Crippen molar-refractivity contribution in [1.29, 1.82) is 0 Å². The zero-order valence-electron chi connectivity index (χ0n) is 15.9. The number of hydrogen-bond donors (Lipinski definition) is 0. The quantitative estimate of drug-likeness (QED) is 0.804. The summed E-state index contributed by atoms with van der Waals surface area (Å²) in [6.45, 7) is 2.81. The van der Waals surface area contributed by atoms with E-state index in [0.717, 1.165) is 22.9 Å². The molecule has 1 aliphatic heterocycles. The third kappa shape index (κ3) is 3.78. The molecule has 2 aromatic carbocycles. The Bertz CT molecular complexity index is 998. The van der Waals surface area contributed by atoms with Crippen LogP contribution in [0.4, 0.5) is 0 Å². The van der Waals surface area contributed by atoms with Gasteiger partial charge in [0, 0.05) is 24.9 Å². The summed E-state index contributed by atoms with van der Waals surface area (Å²) in [4.78, 5) is 15.0. The van der Waals surface area contributed by atoms with E-state index in [1.807, 2.05) is 19.1 Å². The van der Waals surface area contributed by atoms with Crippen LogP contribution < -0.4 is 9.47 Å². The number of methoxy groups -OCH3 is 2. The number of fused-ring (bicyclic) bond motifs is 1. The highest BCUT2D eigenvalue weighted by molar-refractivity contribution is 7.90. The fraction of sp³-hybridized carbons (Fsp3) is 0.350. The van der Waals surface area contributed by atoms with Crippen molar-refractivity contribution in [3.8, 4) is 11.5 Å². The van der Waals surface area contributed by atoms with Gasteiger partial charge in [-0.3, -0.25) is 4.79 Å². The van der Waals surface area contributed by atoms with Gasteiger partial charge in [-0.25, -0.2) is 8.42 Å². The van der Waals surface area contributed by atoms with Gasteiger partial charge >= 0.3 is 0 Å². The Morgan fingerprint density at radius 2 is 1.67 bits per heavy atom. The average molecular weight is 389 g/mol. The minimum Gasteiger partial charge on any atom is -0.493 e. The second kappa shape index (κ2) is 7.23. The predicted octanol–water partition coefficient (Wildman–Crippen LogP) is 2.61. The predicted molar refractivity (Wildman–Crippen MR) is 102 cm³/mol. The van der Waals surface area contributed by atoms with Gasteiger partial charge in [-0.1, -0.05) is 6.07 Å². The van der Waals surface area contributed by atoms with Crippen molar-refractivity contribution in [3.05, 3.63) is 52.6 Å². The molecule has 0 unspecified atom stereocenters. The third-order valence-electron chi connectivity index (χ3n) is 4.87. The molecule has 1 aliphatic rings. The smallest absolute Gasteiger partial charge is 0.254 e. The molecular formula is C20H23NO5S. The number of carbonyl (C=O) groups is 1. The highest BCUT2D eigenvalue weighted by atomic mass is 32.2. The summed E-state index contributed by atoms with van der Waals surface area (Å²) in [5.74, 6) is 1.13. The summed E-state index contributed by atoms with van der Waals surface area (Å²) in [5, 5.41) is 0. The van der Waals surface area contributed by atoms with E-state index in [0.29, 0.717) is 36.6 Å². The van der Waals surface area contributed by atoms with Gasteiger partial charge in [-0.15, -0.1) is 0 Å². The molecule has 6 nitrogen and oxygen atoms in total. The number of nitrogens with zero attached hydrogens (tertiary/aromatic N) is 1. The van der Waals surface area contributed by atoms with Crippen molar-refractivity contribution < 1.29 is 22.7 Å². The molecule has 0 bridgehead atoms. The molecule has 7 heteroatoms. The molecule has 0 atom stereocenters. The van der Waals surface area contributed by atoms with E-state index in [1.54, 1.807) is 25.2 Å². The Hall–Kier alpha value is -2.54. The number of hydrogen-bond acceptors (Lipinski definition) is 5. The number of ether oxygens (including phenoxy) is 2. The molecule has 1 amide bonds. The average Bonchev–Trinajstić information content (AvgIpc) is 2.65. The fourth-order valence-electron chi connectivity index (χ4n) is 3.29. The van der Waals surface area contributed by atoms with E-state index in [2.05, 4.69) is 0 Å². The van der Waals surface area contributed by atoms with Crippen molar-refractivity contribution >= 4 is 15.7 Å². The normalized spacial score (nSPS) is 13.9. The number of amides is 1. The monoisotopic (exact) mass is 389 g/mol. The SMILES string of the molecule is COc1cc2c(cc1OC)CN(C(=O)c1cc(S(C)(=O)=O)ccc1C)CC2. The molecule has 0 radical (unpaired) electrons. The van der Waals surface area contributed by atoms with Crippen LogP contribution >= 0.6 is 0 Å². The summed E-state index contributed by atoms with van der Waals surface area (Å²) in [6, 6.07) is 8.52. The van der Waals surface area contributed by atoms with Crippen molar-refractivity contribution in [2.75, 3.05) is 27.0 Å². The second-order valence-corrected chi connectivity index (χ2v) is 8.72. The Balaban J connectivity index is 1.92. The topological polar surface area (TPSA) is 72.9 Å². The first-order valence-electron chi connectivity index (χ1n) is 8.58. The lowest BCUT2D eigenvalue weighted by Crippen LogP contribution is -2.36. The summed E-state index contributed by atoms with van der Waals surface area (Å²) in [5.41, 5.74) is 3.30. The number of rotatable bonds is 4. The van der Waals surface area contributed by atoms with Gasteiger partial charge < -0.3 is 14.4 Å². The summed E-state index contributed by atoms with van der Waals surface area (Å²) < 4.78 is 34.4. The van der Waals surface area contributed by atoms with E-state index in [1.165, 1.54) is 12.1 Å². The molecule has 1 heterocycles. The Kier molecular flexibility index (Phi) is 5.15. The Morgan fingerprint density at radius 1 is 1.04 bits per heavy atom. The lowest BCUT2D eigenvalue weighted by atomic mass is 9.97. The van der Waals surface area contributed by atoms with Gasteiger partial charge in [0.25, 0.3) is 5.91 Å². The first kappa shape index (κ1) is 19.2. The van der Waals surface area contributed by atoms with Gasteiger partial charge in [0.2, 0.25) is 0 Å². The molecule has 3 rings (SSSR count). The third-order valence-corrected chi connectivity index (χ3v) is 5.98. The van der Waals surface area contributed by atoms with Crippen molar-refractivity contribution in [1.82, 2.24) is 4.90 Å². The Labute approximate surface area is 159 Å². The number of carbonyl (C=O) groups excluding carboxylic acids is 1. The van der Waals surface area contributed by atoms with E-state index >= 15 is 0 Å². The lowest BCUT2D eigenvalue weighted by molar-refractivity contribution is 0.0733. The van der Waals surface area contributed by atoms with Gasteiger partial charge in [-0.05, 0) is 54.3 Å². The van der Waals surface area contributed by atoms with Crippen LogP contribution in [-0.2, 0) is 22.8 Å². The summed E-state index contributed by atoms with van der Waals surface area (Å²) >= 11 is 0. The molecule has 144 valence electrons. The molecule has 0 fully saturated rings. The molecular weight excluding hydrogens is 366 g/mol. The van der Waals surface area contributed by atoms with Crippen molar-refractivity contribution in [2.45, 2.75) is 24.8 Å². The summed E-state index contributed by atoms with van der Waals surface area (Å²) in [7, 11) is -0.196. The van der Waals surface area contributed by atoms with Gasteiger partial charge in [0.1, 0.15) is 0 Å². The van der Waals surface area contributed by atoms with E-state index in [-0.39, 0.29) is 10.8 Å². The second-order valence-electron chi connectivity index (χ2n) is 6.70. The zero-order chi connectivity index (χ0) is 19.8. The first-order valence-corrected chi connectivity index (χ1v) is 10.5. The maximum atomic E-state index is 13.1. The first-order chi connectivity index (χ1) is 12.7. The largest absolute Gasteiger partial charge is 0.493 e. The molecule has 2 aromatic rings. The van der Waals surface area contributed by atoms with Crippen molar-refractivity contribution in [2.24, 2.45) is 0 Å². The molecule has 0 N–H and O–H groups in total. The molecule has 0 aromatic heterocycles. The van der Waals surface area contributed by atoms with E-state index < -0.39 is 9.84 Å². The number of sulfone groups is 1. The van der Waals surface area contributed by atoms with Gasteiger partial charge in [0.15, 0.2) is 21.3 Å².